The van der Waals surface area contributed by atoms with Gasteiger partial charge in [0.1, 0.15) is 5.75 Å². The first-order valence-electron chi connectivity index (χ1n) is 5.62. The number of carbonyl (C=O) groups excluding carboxylic acids is 1. The fourth-order valence-corrected chi connectivity index (χ4v) is 1.91. The average molecular weight is 256 g/mol. The minimum atomic E-state index is 0.127. The monoisotopic (exact) mass is 255 g/mol. The van der Waals surface area contributed by atoms with Crippen LogP contribution in [0.5, 0.6) is 5.75 Å². The zero-order valence-electron chi connectivity index (χ0n) is 10.5. The standard InChI is InChI=1S/C13H18ClNO2/c1-9-7-13(17-3)11(14)8-10(9)12(16)5-4-6-15-2/h7-8,15H,4-6H2,1-3H3. The van der Waals surface area contributed by atoms with Crippen LogP contribution >= 0.6 is 11.6 Å². The van der Waals surface area contributed by atoms with Gasteiger partial charge in [0.2, 0.25) is 0 Å². The van der Waals surface area contributed by atoms with Gasteiger partial charge in [-0.2, -0.15) is 0 Å². The van der Waals surface area contributed by atoms with Gasteiger partial charge in [-0.15, -0.1) is 0 Å². The molecule has 94 valence electrons. The van der Waals surface area contributed by atoms with Gasteiger partial charge in [-0.3, -0.25) is 4.79 Å². The van der Waals surface area contributed by atoms with Crippen molar-refractivity contribution in [1.29, 1.82) is 0 Å². The Morgan fingerprint density at radius 3 is 2.76 bits per heavy atom. The first-order chi connectivity index (χ1) is 8.10. The Labute approximate surface area is 107 Å². The highest BCUT2D eigenvalue weighted by Gasteiger charge is 2.12. The predicted octanol–water partition coefficient (Wildman–Crippen LogP) is 2.84. The van der Waals surface area contributed by atoms with Crippen molar-refractivity contribution in [3.63, 3.8) is 0 Å². The second-order valence-corrected chi connectivity index (χ2v) is 4.34. The van der Waals surface area contributed by atoms with E-state index < -0.39 is 0 Å². The second kappa shape index (κ2) is 6.62. The van der Waals surface area contributed by atoms with Crippen LogP contribution in [-0.2, 0) is 0 Å². The molecule has 0 radical (unpaired) electrons. The quantitative estimate of drug-likeness (QED) is 0.628. The van der Waals surface area contributed by atoms with Crippen LogP contribution in [0.15, 0.2) is 12.1 Å². The average Bonchev–Trinajstić information content (AvgIpc) is 2.31. The molecule has 0 amide bonds. The highest BCUT2D eigenvalue weighted by Crippen LogP contribution is 2.28. The summed E-state index contributed by atoms with van der Waals surface area (Å²) >= 11 is 6.02. The fraction of sp³-hybridized carbons (Fsp3) is 0.462. The van der Waals surface area contributed by atoms with E-state index in [-0.39, 0.29) is 5.78 Å². The van der Waals surface area contributed by atoms with E-state index in [1.807, 2.05) is 14.0 Å². The molecule has 0 saturated carbocycles. The number of ether oxygens (including phenoxy) is 1. The Balaban J connectivity index is 2.83. The van der Waals surface area contributed by atoms with Gasteiger partial charge in [0.05, 0.1) is 12.1 Å². The Bertz CT molecular complexity index is 405. The van der Waals surface area contributed by atoms with E-state index in [1.54, 1.807) is 19.2 Å². The third-order valence-electron chi connectivity index (χ3n) is 2.63. The van der Waals surface area contributed by atoms with Crippen LogP contribution in [0.3, 0.4) is 0 Å². The summed E-state index contributed by atoms with van der Waals surface area (Å²) in [4.78, 5) is 12.0. The molecule has 0 aliphatic heterocycles. The number of hydrogen-bond acceptors (Lipinski definition) is 3. The van der Waals surface area contributed by atoms with Crippen LogP contribution in [0, 0.1) is 6.92 Å². The van der Waals surface area contributed by atoms with E-state index in [2.05, 4.69) is 5.32 Å². The molecule has 17 heavy (non-hydrogen) atoms. The summed E-state index contributed by atoms with van der Waals surface area (Å²) < 4.78 is 5.11. The first kappa shape index (κ1) is 14.0. The molecule has 1 rings (SSSR count). The zero-order chi connectivity index (χ0) is 12.8. The fourth-order valence-electron chi connectivity index (χ4n) is 1.67. The van der Waals surface area contributed by atoms with E-state index in [4.69, 9.17) is 16.3 Å². The molecule has 0 aliphatic rings. The normalized spacial score (nSPS) is 10.4. The smallest absolute Gasteiger partial charge is 0.163 e. The number of rotatable bonds is 6. The number of benzene rings is 1. The Morgan fingerprint density at radius 2 is 2.18 bits per heavy atom. The van der Waals surface area contributed by atoms with E-state index in [1.165, 1.54) is 0 Å². The maximum Gasteiger partial charge on any atom is 0.163 e. The highest BCUT2D eigenvalue weighted by atomic mass is 35.5. The van der Waals surface area contributed by atoms with Crippen molar-refractivity contribution >= 4 is 17.4 Å². The predicted molar refractivity (Wildman–Crippen MR) is 70.2 cm³/mol. The number of hydrogen-bond donors (Lipinski definition) is 1. The Morgan fingerprint density at radius 1 is 1.47 bits per heavy atom. The van der Waals surface area contributed by atoms with Gasteiger partial charge in [-0.25, -0.2) is 0 Å². The molecule has 1 N–H and O–H groups in total. The van der Waals surface area contributed by atoms with Crippen LogP contribution in [-0.4, -0.2) is 26.5 Å². The minimum absolute atomic E-state index is 0.127. The summed E-state index contributed by atoms with van der Waals surface area (Å²) in [6.45, 7) is 2.73. The lowest BCUT2D eigenvalue weighted by molar-refractivity contribution is 0.0979. The van der Waals surface area contributed by atoms with Gasteiger partial charge in [0.25, 0.3) is 0 Å². The third-order valence-corrected chi connectivity index (χ3v) is 2.93. The number of ketones is 1. The molecule has 0 fully saturated rings. The maximum atomic E-state index is 12.0. The zero-order valence-corrected chi connectivity index (χ0v) is 11.2. The second-order valence-electron chi connectivity index (χ2n) is 3.93. The molecule has 0 spiro atoms. The molecular formula is C13H18ClNO2. The summed E-state index contributed by atoms with van der Waals surface area (Å²) in [7, 11) is 3.44. The van der Waals surface area contributed by atoms with Crippen LogP contribution in [0.4, 0.5) is 0 Å². The lowest BCUT2D eigenvalue weighted by Crippen LogP contribution is -2.10. The Hall–Kier alpha value is -1.06. The molecule has 0 unspecified atom stereocenters. The topological polar surface area (TPSA) is 38.3 Å². The van der Waals surface area contributed by atoms with Crippen LogP contribution in [0.2, 0.25) is 5.02 Å². The van der Waals surface area contributed by atoms with Crippen molar-refractivity contribution in [3.05, 3.63) is 28.3 Å². The van der Waals surface area contributed by atoms with Crippen molar-refractivity contribution in [2.45, 2.75) is 19.8 Å². The van der Waals surface area contributed by atoms with Crippen molar-refractivity contribution in [1.82, 2.24) is 5.32 Å². The molecule has 0 bridgehead atoms. The summed E-state index contributed by atoms with van der Waals surface area (Å²) in [5.41, 5.74) is 1.59. The molecule has 0 aliphatic carbocycles. The highest BCUT2D eigenvalue weighted by molar-refractivity contribution is 6.32. The molecule has 0 saturated heterocycles. The number of carbonyl (C=O) groups is 1. The lowest BCUT2D eigenvalue weighted by atomic mass is 10.0. The molecule has 3 nitrogen and oxygen atoms in total. The molecule has 0 atom stereocenters. The van der Waals surface area contributed by atoms with E-state index in [9.17, 15) is 4.79 Å². The van der Waals surface area contributed by atoms with Crippen LogP contribution in [0.25, 0.3) is 0 Å². The largest absolute Gasteiger partial charge is 0.495 e. The Kier molecular flexibility index (Phi) is 5.45. The lowest BCUT2D eigenvalue weighted by Gasteiger charge is -2.09. The van der Waals surface area contributed by atoms with Crippen LogP contribution < -0.4 is 10.1 Å². The maximum absolute atomic E-state index is 12.0. The molecule has 0 aromatic heterocycles. The molecule has 0 heterocycles. The van der Waals surface area contributed by atoms with E-state index >= 15 is 0 Å². The van der Waals surface area contributed by atoms with Crippen molar-refractivity contribution < 1.29 is 9.53 Å². The van der Waals surface area contributed by atoms with Crippen LogP contribution in [0.1, 0.15) is 28.8 Å². The van der Waals surface area contributed by atoms with Crippen molar-refractivity contribution in [3.8, 4) is 5.75 Å². The van der Waals surface area contributed by atoms with Gasteiger partial charge in [0.15, 0.2) is 5.78 Å². The summed E-state index contributed by atoms with van der Waals surface area (Å²) in [5.74, 6) is 0.734. The van der Waals surface area contributed by atoms with E-state index in [0.717, 1.165) is 18.5 Å². The van der Waals surface area contributed by atoms with Crippen molar-refractivity contribution in [2.75, 3.05) is 20.7 Å². The number of nitrogens with one attached hydrogen (secondary N) is 1. The van der Waals surface area contributed by atoms with Gasteiger partial charge in [0, 0.05) is 12.0 Å². The van der Waals surface area contributed by atoms with Gasteiger partial charge in [-0.05, 0) is 44.6 Å². The summed E-state index contributed by atoms with van der Waals surface area (Å²) in [6.07, 6.45) is 1.36. The van der Waals surface area contributed by atoms with Gasteiger partial charge < -0.3 is 10.1 Å². The number of methoxy groups -OCH3 is 1. The molecule has 4 heteroatoms. The first-order valence-corrected chi connectivity index (χ1v) is 6.00. The third kappa shape index (κ3) is 3.72. The van der Waals surface area contributed by atoms with E-state index in [0.29, 0.717) is 22.8 Å². The van der Waals surface area contributed by atoms with Gasteiger partial charge >= 0.3 is 0 Å². The summed E-state index contributed by atoms with van der Waals surface area (Å²) in [6, 6.07) is 3.49. The van der Waals surface area contributed by atoms with Gasteiger partial charge in [-0.1, -0.05) is 11.6 Å². The summed E-state index contributed by atoms with van der Waals surface area (Å²) in [5, 5.41) is 3.50. The molecule has 1 aromatic carbocycles. The number of halogens is 1. The number of Topliss-reactive ketones (excluding diaryl/α,β-unsaturated/α-hetero) is 1. The molecular weight excluding hydrogens is 238 g/mol. The minimum Gasteiger partial charge on any atom is -0.495 e. The molecule has 1 aromatic rings. The SMILES string of the molecule is CNCCCC(=O)c1cc(Cl)c(OC)cc1C. The number of aryl methyl sites for hydroxylation is 1. The van der Waals surface area contributed by atoms with Crippen molar-refractivity contribution in [2.24, 2.45) is 0 Å².